The van der Waals surface area contributed by atoms with Crippen LogP contribution in [0.3, 0.4) is 0 Å². The van der Waals surface area contributed by atoms with E-state index in [0.29, 0.717) is 6.54 Å². The molecule has 2 aliphatic rings. The van der Waals surface area contributed by atoms with Gasteiger partial charge in [-0.15, -0.1) is 0 Å². The summed E-state index contributed by atoms with van der Waals surface area (Å²) in [6.45, 7) is 2.10. The van der Waals surface area contributed by atoms with E-state index in [1.165, 1.54) is 36.8 Å². The van der Waals surface area contributed by atoms with Crippen LogP contribution < -0.4 is 5.73 Å². The fourth-order valence-corrected chi connectivity index (χ4v) is 3.19. The molecule has 1 saturated heterocycles. The van der Waals surface area contributed by atoms with Crippen LogP contribution in [0.5, 0.6) is 0 Å². The molecule has 0 amide bonds. The normalized spacial score (nSPS) is 21.9. The summed E-state index contributed by atoms with van der Waals surface area (Å²) in [5, 5.41) is 0. The molecule has 1 fully saturated rings. The van der Waals surface area contributed by atoms with Gasteiger partial charge in [0.05, 0.1) is 13.2 Å². The Labute approximate surface area is 115 Å². The number of ether oxygens (including phenoxy) is 2. The van der Waals surface area contributed by atoms with E-state index in [4.69, 9.17) is 15.2 Å². The Balaban J connectivity index is 1.93. The molecule has 0 saturated carbocycles. The van der Waals surface area contributed by atoms with Crippen LogP contribution >= 0.6 is 0 Å². The molecular formula is C16H23NO2. The van der Waals surface area contributed by atoms with Crippen molar-refractivity contribution in [2.75, 3.05) is 19.8 Å². The van der Waals surface area contributed by atoms with E-state index in [9.17, 15) is 0 Å². The van der Waals surface area contributed by atoms with E-state index in [-0.39, 0.29) is 0 Å². The van der Waals surface area contributed by atoms with Gasteiger partial charge in [0, 0.05) is 12.0 Å². The smallest absolute Gasteiger partial charge is 0.195 e. The predicted octanol–water partition coefficient (Wildman–Crippen LogP) is 2.50. The average Bonchev–Trinajstić information content (AvgIpc) is 2.48. The summed E-state index contributed by atoms with van der Waals surface area (Å²) in [6.07, 6.45) is 6.70. The molecule has 1 heterocycles. The number of hydrogen-bond acceptors (Lipinski definition) is 3. The summed E-state index contributed by atoms with van der Waals surface area (Å²) in [5.41, 5.74) is 9.88. The van der Waals surface area contributed by atoms with E-state index < -0.39 is 5.79 Å². The standard InChI is InChI=1S/C16H23NO2/c17-9-8-16(18-10-3-11-19-16)15-7-6-13-4-1-2-5-14(13)12-15/h6-7,12H,1-5,8-11,17H2. The summed E-state index contributed by atoms with van der Waals surface area (Å²) in [4.78, 5) is 0. The molecule has 1 aromatic rings. The number of benzene rings is 1. The SMILES string of the molecule is NCCC1(c2ccc3c(c2)CCCC3)OCCCO1. The maximum Gasteiger partial charge on any atom is 0.195 e. The monoisotopic (exact) mass is 261 g/mol. The molecule has 1 aliphatic carbocycles. The van der Waals surface area contributed by atoms with Crippen molar-refractivity contribution in [2.45, 2.75) is 44.3 Å². The maximum absolute atomic E-state index is 5.98. The Morgan fingerprint density at radius 2 is 1.74 bits per heavy atom. The number of nitrogens with two attached hydrogens (primary N) is 1. The van der Waals surface area contributed by atoms with Crippen LogP contribution in [-0.4, -0.2) is 19.8 Å². The van der Waals surface area contributed by atoms with Crippen molar-refractivity contribution in [3.8, 4) is 0 Å². The fourth-order valence-electron chi connectivity index (χ4n) is 3.19. The predicted molar refractivity (Wildman–Crippen MR) is 75.0 cm³/mol. The Morgan fingerprint density at radius 1 is 1.00 bits per heavy atom. The van der Waals surface area contributed by atoms with Crippen LogP contribution in [0, 0.1) is 0 Å². The second-order valence-electron chi connectivity index (χ2n) is 5.53. The third-order valence-electron chi connectivity index (χ3n) is 4.22. The molecule has 0 atom stereocenters. The van der Waals surface area contributed by atoms with E-state index in [2.05, 4.69) is 18.2 Å². The molecule has 0 aromatic heterocycles. The molecule has 0 radical (unpaired) electrons. The van der Waals surface area contributed by atoms with Gasteiger partial charge in [0.1, 0.15) is 0 Å². The van der Waals surface area contributed by atoms with Gasteiger partial charge < -0.3 is 15.2 Å². The van der Waals surface area contributed by atoms with Gasteiger partial charge in [-0.25, -0.2) is 0 Å². The van der Waals surface area contributed by atoms with Crippen molar-refractivity contribution in [1.29, 1.82) is 0 Å². The summed E-state index contributed by atoms with van der Waals surface area (Å²) in [5.74, 6) is -0.598. The van der Waals surface area contributed by atoms with Gasteiger partial charge in [0.2, 0.25) is 0 Å². The fraction of sp³-hybridized carbons (Fsp3) is 0.625. The highest BCUT2D eigenvalue weighted by molar-refractivity contribution is 5.36. The number of rotatable bonds is 3. The van der Waals surface area contributed by atoms with Crippen LogP contribution in [0.1, 0.15) is 42.4 Å². The lowest BCUT2D eigenvalue weighted by atomic mass is 9.88. The minimum absolute atomic E-state index is 0.580. The molecule has 0 spiro atoms. The van der Waals surface area contributed by atoms with Gasteiger partial charge in [-0.1, -0.05) is 18.2 Å². The summed E-state index contributed by atoms with van der Waals surface area (Å²) >= 11 is 0. The van der Waals surface area contributed by atoms with Crippen LogP contribution in [0.4, 0.5) is 0 Å². The van der Waals surface area contributed by atoms with Crippen molar-refractivity contribution >= 4 is 0 Å². The molecule has 3 nitrogen and oxygen atoms in total. The lowest BCUT2D eigenvalue weighted by Crippen LogP contribution is -2.40. The van der Waals surface area contributed by atoms with E-state index >= 15 is 0 Å². The highest BCUT2D eigenvalue weighted by Gasteiger charge is 2.36. The van der Waals surface area contributed by atoms with Gasteiger partial charge >= 0.3 is 0 Å². The minimum Gasteiger partial charge on any atom is -0.346 e. The molecule has 19 heavy (non-hydrogen) atoms. The van der Waals surface area contributed by atoms with Crippen molar-refractivity contribution < 1.29 is 9.47 Å². The molecular weight excluding hydrogens is 238 g/mol. The zero-order chi connectivity index (χ0) is 13.1. The largest absolute Gasteiger partial charge is 0.346 e. The Hall–Kier alpha value is -0.900. The lowest BCUT2D eigenvalue weighted by molar-refractivity contribution is -0.278. The topological polar surface area (TPSA) is 44.5 Å². The number of fused-ring (bicyclic) bond motifs is 1. The Bertz CT molecular complexity index is 433. The highest BCUT2D eigenvalue weighted by atomic mass is 16.7. The van der Waals surface area contributed by atoms with E-state index in [0.717, 1.165) is 31.6 Å². The van der Waals surface area contributed by atoms with Gasteiger partial charge in [0.25, 0.3) is 0 Å². The molecule has 3 heteroatoms. The summed E-state index contributed by atoms with van der Waals surface area (Å²) in [6, 6.07) is 6.71. The highest BCUT2D eigenvalue weighted by Crippen LogP contribution is 2.36. The Morgan fingerprint density at radius 3 is 2.47 bits per heavy atom. The second-order valence-corrected chi connectivity index (χ2v) is 5.53. The second kappa shape index (κ2) is 5.61. The van der Waals surface area contributed by atoms with E-state index in [1.807, 2.05) is 0 Å². The van der Waals surface area contributed by atoms with Gasteiger partial charge in [-0.05, 0) is 49.8 Å². The molecule has 1 aromatic carbocycles. The van der Waals surface area contributed by atoms with Crippen molar-refractivity contribution in [3.63, 3.8) is 0 Å². The quantitative estimate of drug-likeness (QED) is 0.909. The molecule has 1 aliphatic heterocycles. The Kier molecular flexibility index (Phi) is 3.87. The van der Waals surface area contributed by atoms with Gasteiger partial charge in [0.15, 0.2) is 5.79 Å². The van der Waals surface area contributed by atoms with Crippen LogP contribution in [0.2, 0.25) is 0 Å². The average molecular weight is 261 g/mol. The molecule has 104 valence electrons. The van der Waals surface area contributed by atoms with Crippen molar-refractivity contribution in [2.24, 2.45) is 5.73 Å². The molecule has 0 unspecified atom stereocenters. The van der Waals surface area contributed by atoms with Crippen LogP contribution in [-0.2, 0) is 28.1 Å². The first kappa shape index (κ1) is 13.1. The van der Waals surface area contributed by atoms with Crippen LogP contribution in [0.15, 0.2) is 18.2 Å². The first-order chi connectivity index (χ1) is 9.34. The minimum atomic E-state index is -0.598. The van der Waals surface area contributed by atoms with E-state index in [1.54, 1.807) is 0 Å². The van der Waals surface area contributed by atoms with Crippen LogP contribution in [0.25, 0.3) is 0 Å². The third-order valence-corrected chi connectivity index (χ3v) is 4.22. The van der Waals surface area contributed by atoms with Gasteiger partial charge in [-0.2, -0.15) is 0 Å². The molecule has 2 N–H and O–H groups in total. The first-order valence-electron chi connectivity index (χ1n) is 7.44. The molecule has 0 bridgehead atoms. The zero-order valence-corrected chi connectivity index (χ0v) is 11.5. The van der Waals surface area contributed by atoms with Crippen molar-refractivity contribution in [3.05, 3.63) is 34.9 Å². The first-order valence-corrected chi connectivity index (χ1v) is 7.44. The number of aryl methyl sites for hydroxylation is 2. The zero-order valence-electron chi connectivity index (χ0n) is 11.5. The van der Waals surface area contributed by atoms with Gasteiger partial charge in [-0.3, -0.25) is 0 Å². The lowest BCUT2D eigenvalue weighted by Gasteiger charge is -2.38. The summed E-state index contributed by atoms with van der Waals surface area (Å²) in [7, 11) is 0. The third kappa shape index (κ3) is 2.55. The van der Waals surface area contributed by atoms with Crippen molar-refractivity contribution in [1.82, 2.24) is 0 Å². The maximum atomic E-state index is 5.98. The number of hydrogen-bond donors (Lipinski definition) is 1. The molecule has 3 rings (SSSR count). The summed E-state index contributed by atoms with van der Waals surface area (Å²) < 4.78 is 12.0.